The van der Waals surface area contributed by atoms with Gasteiger partial charge in [0.05, 0.1) is 5.02 Å². The lowest BCUT2D eigenvalue weighted by Crippen LogP contribution is -2.24. The predicted molar refractivity (Wildman–Crippen MR) is 76.4 cm³/mol. The lowest BCUT2D eigenvalue weighted by Gasteiger charge is -2.07. The zero-order valence-electron chi connectivity index (χ0n) is 10.5. The standard InChI is InChI=1S/C14H14ClN3O/c1-16-12-8-7-11(15)13(18-12)14(19)17-9-10-5-3-2-4-6-10/h2-8H,9H2,1H3,(H,16,18)(H,17,19). The lowest BCUT2D eigenvalue weighted by molar-refractivity contribution is 0.0946. The zero-order valence-corrected chi connectivity index (χ0v) is 11.2. The summed E-state index contributed by atoms with van der Waals surface area (Å²) in [5.74, 6) is 0.320. The summed E-state index contributed by atoms with van der Waals surface area (Å²) < 4.78 is 0. The van der Waals surface area contributed by atoms with E-state index in [0.717, 1.165) is 5.56 Å². The maximum atomic E-state index is 12.0. The van der Waals surface area contributed by atoms with Gasteiger partial charge in [-0.25, -0.2) is 4.98 Å². The van der Waals surface area contributed by atoms with E-state index < -0.39 is 0 Å². The van der Waals surface area contributed by atoms with Gasteiger partial charge in [0.15, 0.2) is 0 Å². The molecule has 0 aliphatic rings. The van der Waals surface area contributed by atoms with Crippen LogP contribution >= 0.6 is 11.6 Å². The second kappa shape index (κ2) is 6.20. The number of amides is 1. The van der Waals surface area contributed by atoms with Crippen LogP contribution in [-0.4, -0.2) is 17.9 Å². The molecule has 19 heavy (non-hydrogen) atoms. The fourth-order valence-corrected chi connectivity index (χ4v) is 1.79. The molecule has 0 saturated carbocycles. The molecule has 0 fully saturated rings. The van der Waals surface area contributed by atoms with E-state index in [1.54, 1.807) is 19.2 Å². The molecule has 5 heteroatoms. The highest BCUT2D eigenvalue weighted by molar-refractivity contribution is 6.33. The summed E-state index contributed by atoms with van der Waals surface area (Å²) in [6.45, 7) is 0.446. The first-order chi connectivity index (χ1) is 9.20. The molecule has 0 aliphatic carbocycles. The summed E-state index contributed by atoms with van der Waals surface area (Å²) in [4.78, 5) is 16.2. The molecule has 2 aromatic rings. The molecule has 0 unspecified atom stereocenters. The first kappa shape index (κ1) is 13.4. The van der Waals surface area contributed by atoms with Gasteiger partial charge in [0.25, 0.3) is 5.91 Å². The number of rotatable bonds is 4. The number of hydrogen-bond acceptors (Lipinski definition) is 3. The van der Waals surface area contributed by atoms with Gasteiger partial charge in [-0.3, -0.25) is 4.79 Å². The summed E-state index contributed by atoms with van der Waals surface area (Å²) in [5.41, 5.74) is 1.25. The van der Waals surface area contributed by atoms with Crippen molar-refractivity contribution >= 4 is 23.3 Å². The zero-order chi connectivity index (χ0) is 13.7. The van der Waals surface area contributed by atoms with Gasteiger partial charge in [0.1, 0.15) is 11.5 Å². The number of benzene rings is 1. The summed E-state index contributed by atoms with van der Waals surface area (Å²) in [6, 6.07) is 13.0. The van der Waals surface area contributed by atoms with Crippen molar-refractivity contribution in [2.24, 2.45) is 0 Å². The van der Waals surface area contributed by atoms with Gasteiger partial charge in [-0.2, -0.15) is 0 Å². The lowest BCUT2D eigenvalue weighted by atomic mass is 10.2. The molecular formula is C14H14ClN3O. The highest BCUT2D eigenvalue weighted by Gasteiger charge is 2.12. The van der Waals surface area contributed by atoms with E-state index in [2.05, 4.69) is 15.6 Å². The van der Waals surface area contributed by atoms with Crippen LogP contribution < -0.4 is 10.6 Å². The fraction of sp³-hybridized carbons (Fsp3) is 0.143. The van der Waals surface area contributed by atoms with E-state index in [0.29, 0.717) is 17.4 Å². The van der Waals surface area contributed by atoms with Gasteiger partial charge in [-0.1, -0.05) is 41.9 Å². The number of hydrogen-bond donors (Lipinski definition) is 2. The Morgan fingerprint density at radius 2 is 1.95 bits per heavy atom. The van der Waals surface area contributed by atoms with Crippen molar-refractivity contribution < 1.29 is 4.79 Å². The first-order valence-electron chi connectivity index (χ1n) is 5.87. The van der Waals surface area contributed by atoms with Gasteiger partial charge >= 0.3 is 0 Å². The topological polar surface area (TPSA) is 54.0 Å². The summed E-state index contributed by atoms with van der Waals surface area (Å²) in [6.07, 6.45) is 0. The number of anilines is 1. The predicted octanol–water partition coefficient (Wildman–Crippen LogP) is 2.71. The number of aromatic nitrogens is 1. The number of nitrogens with zero attached hydrogens (tertiary/aromatic N) is 1. The Bertz CT molecular complexity index is 572. The van der Waals surface area contributed by atoms with Gasteiger partial charge in [-0.05, 0) is 17.7 Å². The molecular weight excluding hydrogens is 262 g/mol. The molecule has 0 atom stereocenters. The van der Waals surface area contributed by atoms with Gasteiger partial charge in [-0.15, -0.1) is 0 Å². The fourth-order valence-electron chi connectivity index (χ4n) is 1.60. The maximum absolute atomic E-state index is 12.0. The van der Waals surface area contributed by atoms with Crippen LogP contribution in [0.15, 0.2) is 42.5 Å². The molecule has 2 rings (SSSR count). The third-order valence-electron chi connectivity index (χ3n) is 2.61. The average Bonchev–Trinajstić information content (AvgIpc) is 2.46. The average molecular weight is 276 g/mol. The van der Waals surface area contributed by atoms with Crippen LogP contribution in [0.4, 0.5) is 5.82 Å². The van der Waals surface area contributed by atoms with Crippen molar-refractivity contribution in [3.8, 4) is 0 Å². The third-order valence-corrected chi connectivity index (χ3v) is 2.92. The monoisotopic (exact) mass is 275 g/mol. The minimum absolute atomic E-state index is 0.226. The Labute approximate surface area is 116 Å². The van der Waals surface area contributed by atoms with E-state index in [1.807, 2.05) is 30.3 Å². The van der Waals surface area contributed by atoms with Crippen LogP contribution in [0.1, 0.15) is 16.1 Å². The van der Waals surface area contributed by atoms with Crippen molar-refractivity contribution in [3.05, 3.63) is 58.7 Å². The SMILES string of the molecule is CNc1ccc(Cl)c(C(=O)NCc2ccccc2)n1. The van der Waals surface area contributed by atoms with E-state index in [1.165, 1.54) is 0 Å². The molecule has 0 spiro atoms. The minimum Gasteiger partial charge on any atom is -0.373 e. The molecule has 0 saturated heterocycles. The maximum Gasteiger partial charge on any atom is 0.271 e. The van der Waals surface area contributed by atoms with Crippen molar-refractivity contribution in [2.75, 3.05) is 12.4 Å². The van der Waals surface area contributed by atoms with Crippen LogP contribution in [0.5, 0.6) is 0 Å². The minimum atomic E-state index is -0.286. The van der Waals surface area contributed by atoms with E-state index in [9.17, 15) is 4.79 Å². The van der Waals surface area contributed by atoms with E-state index >= 15 is 0 Å². The van der Waals surface area contributed by atoms with Gasteiger partial charge in [0.2, 0.25) is 0 Å². The molecule has 1 amide bonds. The highest BCUT2D eigenvalue weighted by Crippen LogP contribution is 2.16. The van der Waals surface area contributed by atoms with Crippen LogP contribution in [0, 0.1) is 0 Å². The Morgan fingerprint density at radius 1 is 1.21 bits per heavy atom. The molecule has 0 bridgehead atoms. The number of pyridine rings is 1. The van der Waals surface area contributed by atoms with Crippen molar-refractivity contribution in [1.82, 2.24) is 10.3 Å². The third kappa shape index (κ3) is 3.45. The van der Waals surface area contributed by atoms with E-state index in [-0.39, 0.29) is 11.6 Å². The Morgan fingerprint density at radius 3 is 2.63 bits per heavy atom. The quantitative estimate of drug-likeness (QED) is 0.902. The highest BCUT2D eigenvalue weighted by atomic mass is 35.5. The van der Waals surface area contributed by atoms with Crippen LogP contribution in [0.2, 0.25) is 5.02 Å². The Hall–Kier alpha value is -2.07. The van der Waals surface area contributed by atoms with Crippen LogP contribution in [0.25, 0.3) is 0 Å². The smallest absolute Gasteiger partial charge is 0.271 e. The van der Waals surface area contributed by atoms with Crippen molar-refractivity contribution in [1.29, 1.82) is 0 Å². The molecule has 1 heterocycles. The molecule has 0 aliphatic heterocycles. The van der Waals surface area contributed by atoms with Crippen molar-refractivity contribution in [2.45, 2.75) is 6.54 Å². The van der Waals surface area contributed by atoms with Crippen LogP contribution in [0.3, 0.4) is 0 Å². The Balaban J connectivity index is 2.08. The first-order valence-corrected chi connectivity index (χ1v) is 6.25. The molecule has 4 nitrogen and oxygen atoms in total. The Kier molecular flexibility index (Phi) is 4.36. The van der Waals surface area contributed by atoms with E-state index in [4.69, 9.17) is 11.6 Å². The molecule has 2 N–H and O–H groups in total. The second-order valence-electron chi connectivity index (χ2n) is 3.95. The molecule has 0 radical (unpaired) electrons. The number of nitrogens with one attached hydrogen (secondary N) is 2. The second-order valence-corrected chi connectivity index (χ2v) is 4.35. The number of halogens is 1. The number of carbonyl (C=O) groups is 1. The number of carbonyl (C=O) groups excluding carboxylic acids is 1. The van der Waals surface area contributed by atoms with Gasteiger partial charge < -0.3 is 10.6 Å². The largest absolute Gasteiger partial charge is 0.373 e. The summed E-state index contributed by atoms with van der Waals surface area (Å²) >= 11 is 5.98. The normalized spacial score (nSPS) is 10.0. The molecule has 98 valence electrons. The molecule has 1 aromatic carbocycles. The van der Waals surface area contributed by atoms with Crippen molar-refractivity contribution in [3.63, 3.8) is 0 Å². The molecule has 1 aromatic heterocycles. The van der Waals surface area contributed by atoms with Gasteiger partial charge in [0, 0.05) is 13.6 Å². The summed E-state index contributed by atoms with van der Waals surface area (Å²) in [5, 5.41) is 6.00. The summed E-state index contributed by atoms with van der Waals surface area (Å²) in [7, 11) is 1.74. The van der Waals surface area contributed by atoms with Crippen LogP contribution in [-0.2, 0) is 6.54 Å².